The number of rotatable bonds is 2. The van der Waals surface area contributed by atoms with Crippen molar-refractivity contribution in [3.05, 3.63) is 12.2 Å². The van der Waals surface area contributed by atoms with E-state index in [-0.39, 0.29) is 19.0 Å². The summed E-state index contributed by atoms with van der Waals surface area (Å²) in [5.74, 6) is -0.328. The summed E-state index contributed by atoms with van der Waals surface area (Å²) in [4.78, 5) is 13.8. The lowest BCUT2D eigenvalue weighted by atomic mass is 10.7. The zero-order valence-electron chi connectivity index (χ0n) is 5.89. The van der Waals surface area contributed by atoms with Gasteiger partial charge in [0.1, 0.15) is 18.7 Å². The first-order chi connectivity index (χ1) is 4.68. The Labute approximate surface area is 69.5 Å². The van der Waals surface area contributed by atoms with E-state index in [4.69, 9.17) is 5.11 Å². The van der Waals surface area contributed by atoms with E-state index in [2.05, 4.69) is 10.1 Å². The number of carboxylic acid groups (broad SMARTS) is 1. The number of carboxylic acids is 1. The molecule has 0 fully saturated rings. The van der Waals surface area contributed by atoms with E-state index in [1.54, 1.807) is 6.92 Å². The molecule has 0 aliphatic rings. The maximum atomic E-state index is 10.1. The van der Waals surface area contributed by atoms with E-state index in [1.807, 2.05) is 0 Å². The molecule has 11 heavy (non-hydrogen) atoms. The smallest absolute Gasteiger partial charge is 0.325 e. The van der Waals surface area contributed by atoms with Crippen molar-refractivity contribution in [2.45, 2.75) is 13.5 Å². The average Bonchev–Trinajstić information content (AvgIpc) is 2.13. The van der Waals surface area contributed by atoms with E-state index >= 15 is 0 Å². The van der Waals surface area contributed by atoms with Crippen molar-refractivity contribution >= 4 is 18.4 Å². The molecular weight excluding hydrogens is 170 g/mol. The molecule has 0 amide bonds. The summed E-state index contributed by atoms with van der Waals surface area (Å²) in [6, 6.07) is 0. The topological polar surface area (TPSA) is 68.0 Å². The molecule has 0 aliphatic heterocycles. The number of aryl methyl sites for hydroxylation is 1. The molecule has 0 aliphatic carbocycles. The van der Waals surface area contributed by atoms with Crippen LogP contribution in [-0.4, -0.2) is 25.8 Å². The van der Waals surface area contributed by atoms with Crippen LogP contribution < -0.4 is 0 Å². The Hall–Kier alpha value is -1.10. The summed E-state index contributed by atoms with van der Waals surface area (Å²) in [5, 5.41) is 12.1. The Kier molecular flexibility index (Phi) is 3.53. The van der Waals surface area contributed by atoms with Gasteiger partial charge < -0.3 is 5.11 Å². The van der Waals surface area contributed by atoms with Gasteiger partial charge in [0.05, 0.1) is 0 Å². The number of hydrogen-bond donors (Lipinski definition) is 1. The van der Waals surface area contributed by atoms with Gasteiger partial charge in [0.25, 0.3) is 0 Å². The second-order valence-corrected chi connectivity index (χ2v) is 1.88. The standard InChI is InChI=1S/C5H7N3O2.ClH/c1-4-6-3-8(7-4)2-5(9)10;/h3H,2H2,1H3,(H,9,10);1H. The van der Waals surface area contributed by atoms with Crippen LogP contribution in [0.4, 0.5) is 0 Å². The number of hydrogen-bond acceptors (Lipinski definition) is 3. The first-order valence-corrected chi connectivity index (χ1v) is 2.76. The first-order valence-electron chi connectivity index (χ1n) is 2.76. The number of aliphatic carboxylic acids is 1. The molecule has 0 spiro atoms. The van der Waals surface area contributed by atoms with Crippen LogP contribution in [0.2, 0.25) is 0 Å². The van der Waals surface area contributed by atoms with Crippen LogP contribution in [0.3, 0.4) is 0 Å². The SMILES string of the molecule is Cc1ncn(CC(=O)O)n1.Cl. The third-order valence-corrected chi connectivity index (χ3v) is 0.948. The Bertz CT molecular complexity index is 248. The third-order valence-electron chi connectivity index (χ3n) is 0.948. The molecule has 1 N–H and O–H groups in total. The van der Waals surface area contributed by atoms with Crippen LogP contribution >= 0.6 is 12.4 Å². The molecule has 0 saturated carbocycles. The number of aromatic nitrogens is 3. The molecule has 1 aromatic heterocycles. The van der Waals surface area contributed by atoms with Crippen molar-refractivity contribution in [1.29, 1.82) is 0 Å². The van der Waals surface area contributed by atoms with Gasteiger partial charge in [-0.2, -0.15) is 5.10 Å². The summed E-state index contributed by atoms with van der Waals surface area (Å²) in [5.41, 5.74) is 0. The summed E-state index contributed by atoms with van der Waals surface area (Å²) >= 11 is 0. The summed E-state index contributed by atoms with van der Waals surface area (Å²) in [6.45, 7) is 1.58. The molecule has 5 nitrogen and oxygen atoms in total. The molecule has 6 heteroatoms. The molecule has 0 bridgehead atoms. The van der Waals surface area contributed by atoms with E-state index in [9.17, 15) is 4.79 Å². The van der Waals surface area contributed by atoms with Crippen molar-refractivity contribution in [2.75, 3.05) is 0 Å². The monoisotopic (exact) mass is 177 g/mol. The lowest BCUT2D eigenvalue weighted by molar-refractivity contribution is -0.137. The van der Waals surface area contributed by atoms with Crippen molar-refractivity contribution in [2.24, 2.45) is 0 Å². The van der Waals surface area contributed by atoms with Gasteiger partial charge in [-0.05, 0) is 6.92 Å². The van der Waals surface area contributed by atoms with Crippen LogP contribution in [-0.2, 0) is 11.3 Å². The minimum atomic E-state index is -0.912. The minimum absolute atomic E-state index is 0. The van der Waals surface area contributed by atoms with Crippen molar-refractivity contribution in [3.63, 3.8) is 0 Å². The van der Waals surface area contributed by atoms with Gasteiger partial charge in [-0.15, -0.1) is 12.4 Å². The van der Waals surface area contributed by atoms with Crippen LogP contribution in [0.25, 0.3) is 0 Å². The second kappa shape index (κ2) is 3.92. The number of halogens is 1. The zero-order chi connectivity index (χ0) is 7.56. The fourth-order valence-corrected chi connectivity index (χ4v) is 0.602. The molecule has 1 rings (SSSR count). The normalized spacial score (nSPS) is 8.82. The fourth-order valence-electron chi connectivity index (χ4n) is 0.602. The predicted octanol–water partition coefficient (Wildman–Crippen LogP) is 0.0929. The van der Waals surface area contributed by atoms with Crippen molar-refractivity contribution < 1.29 is 9.90 Å². The van der Waals surface area contributed by atoms with Gasteiger partial charge in [-0.3, -0.25) is 4.79 Å². The number of carbonyl (C=O) groups is 1. The van der Waals surface area contributed by atoms with E-state index in [1.165, 1.54) is 11.0 Å². The third kappa shape index (κ3) is 2.99. The fraction of sp³-hybridized carbons (Fsp3) is 0.400. The Morgan fingerprint density at radius 2 is 2.45 bits per heavy atom. The molecule has 0 unspecified atom stereocenters. The highest BCUT2D eigenvalue weighted by atomic mass is 35.5. The van der Waals surface area contributed by atoms with Crippen LogP contribution in [0.1, 0.15) is 5.82 Å². The van der Waals surface area contributed by atoms with E-state index in [0.29, 0.717) is 5.82 Å². The molecule has 0 atom stereocenters. The summed E-state index contributed by atoms with van der Waals surface area (Å²) < 4.78 is 1.28. The van der Waals surface area contributed by atoms with E-state index < -0.39 is 5.97 Å². The van der Waals surface area contributed by atoms with E-state index in [0.717, 1.165) is 0 Å². The molecule has 62 valence electrons. The lowest BCUT2D eigenvalue weighted by Gasteiger charge is -1.90. The van der Waals surface area contributed by atoms with Crippen LogP contribution in [0.15, 0.2) is 6.33 Å². The highest BCUT2D eigenvalue weighted by Gasteiger charge is 1.99. The van der Waals surface area contributed by atoms with Gasteiger partial charge in [-0.25, -0.2) is 9.67 Å². The van der Waals surface area contributed by atoms with Gasteiger partial charge in [0.15, 0.2) is 0 Å². The molecule has 0 aromatic carbocycles. The average molecular weight is 178 g/mol. The largest absolute Gasteiger partial charge is 0.480 e. The zero-order valence-corrected chi connectivity index (χ0v) is 6.71. The molecule has 0 saturated heterocycles. The van der Waals surface area contributed by atoms with Gasteiger partial charge in [-0.1, -0.05) is 0 Å². The Balaban J connectivity index is 0.000001000. The first kappa shape index (κ1) is 9.90. The Morgan fingerprint density at radius 1 is 1.82 bits per heavy atom. The van der Waals surface area contributed by atoms with Gasteiger partial charge in [0.2, 0.25) is 0 Å². The maximum absolute atomic E-state index is 10.1. The Morgan fingerprint density at radius 3 is 2.82 bits per heavy atom. The highest BCUT2D eigenvalue weighted by Crippen LogP contribution is 1.85. The molecule has 1 heterocycles. The lowest BCUT2D eigenvalue weighted by Crippen LogP contribution is -2.08. The second-order valence-electron chi connectivity index (χ2n) is 1.88. The van der Waals surface area contributed by atoms with Gasteiger partial charge in [0, 0.05) is 0 Å². The molecular formula is C5H8ClN3O2. The van der Waals surface area contributed by atoms with Crippen molar-refractivity contribution in [1.82, 2.24) is 14.8 Å². The molecule has 1 aromatic rings. The predicted molar refractivity (Wildman–Crippen MR) is 39.6 cm³/mol. The molecule has 0 radical (unpaired) electrons. The maximum Gasteiger partial charge on any atom is 0.325 e. The summed E-state index contributed by atoms with van der Waals surface area (Å²) in [7, 11) is 0. The van der Waals surface area contributed by atoms with Gasteiger partial charge >= 0.3 is 5.97 Å². The minimum Gasteiger partial charge on any atom is -0.480 e. The quantitative estimate of drug-likeness (QED) is 0.696. The highest BCUT2D eigenvalue weighted by molar-refractivity contribution is 5.85. The summed E-state index contributed by atoms with van der Waals surface area (Å²) in [6.07, 6.45) is 1.39. The van der Waals surface area contributed by atoms with Crippen LogP contribution in [0.5, 0.6) is 0 Å². The van der Waals surface area contributed by atoms with Crippen LogP contribution in [0, 0.1) is 6.92 Å². The number of nitrogens with zero attached hydrogens (tertiary/aromatic N) is 3. The van der Waals surface area contributed by atoms with Crippen molar-refractivity contribution in [3.8, 4) is 0 Å².